The van der Waals surface area contributed by atoms with Gasteiger partial charge in [-0.15, -0.1) is 0 Å². The van der Waals surface area contributed by atoms with E-state index in [0.29, 0.717) is 32.8 Å². The molecule has 0 N–H and O–H groups in total. The number of carbonyl (C=O) groups excluding carboxylic acids is 1. The van der Waals surface area contributed by atoms with Crippen LogP contribution in [0.1, 0.15) is 24.2 Å². The van der Waals surface area contributed by atoms with Crippen LogP contribution in [-0.2, 0) is 40.0 Å². The van der Waals surface area contributed by atoms with Crippen molar-refractivity contribution < 1.29 is 14.3 Å². The predicted molar refractivity (Wildman–Crippen MR) is 104 cm³/mol. The zero-order valence-electron chi connectivity index (χ0n) is 16.9. The van der Waals surface area contributed by atoms with Gasteiger partial charge in [-0.1, -0.05) is 0 Å². The van der Waals surface area contributed by atoms with Crippen molar-refractivity contribution in [1.29, 1.82) is 0 Å². The minimum absolute atomic E-state index is 0.0739. The number of imidazole rings is 1. The van der Waals surface area contributed by atoms with Crippen LogP contribution in [0.2, 0.25) is 0 Å². The average molecular weight is 400 g/mol. The minimum Gasteiger partial charge on any atom is -0.378 e. The number of morpholine rings is 1. The van der Waals surface area contributed by atoms with Crippen molar-refractivity contribution in [1.82, 2.24) is 29.1 Å². The quantitative estimate of drug-likeness (QED) is 0.741. The number of carbonyl (C=O) groups is 1. The van der Waals surface area contributed by atoms with Crippen LogP contribution in [0.5, 0.6) is 0 Å². The fraction of sp³-hybridized carbons (Fsp3) is 0.650. The Morgan fingerprint density at radius 2 is 2.03 bits per heavy atom. The molecule has 0 bridgehead atoms. The van der Waals surface area contributed by atoms with Gasteiger partial charge < -0.3 is 18.9 Å². The number of aryl methyl sites for hydroxylation is 1. The van der Waals surface area contributed by atoms with Crippen LogP contribution in [0.15, 0.2) is 24.8 Å². The van der Waals surface area contributed by atoms with E-state index in [-0.39, 0.29) is 5.91 Å². The first-order valence-corrected chi connectivity index (χ1v) is 10.4. The third-order valence-corrected chi connectivity index (χ3v) is 6.28. The first-order chi connectivity index (χ1) is 14.1. The summed E-state index contributed by atoms with van der Waals surface area (Å²) in [6.07, 6.45) is 8.98. The molecule has 2 aromatic heterocycles. The molecule has 2 saturated heterocycles. The maximum Gasteiger partial charge on any atom is 0.253 e. The second kappa shape index (κ2) is 7.55. The summed E-state index contributed by atoms with van der Waals surface area (Å²) in [5.74, 6) is 1.04. The topological polar surface area (TPSA) is 77.6 Å². The molecular formula is C20H28N6O3. The number of fused-ring (bicyclic) bond motifs is 2. The number of aromatic nitrogens is 4. The predicted octanol–water partition coefficient (Wildman–Crippen LogP) is 0.366. The Balaban J connectivity index is 1.30. The molecule has 1 amide bonds. The summed E-state index contributed by atoms with van der Waals surface area (Å²) >= 11 is 0. The Morgan fingerprint density at radius 3 is 2.76 bits per heavy atom. The van der Waals surface area contributed by atoms with E-state index >= 15 is 0 Å². The number of amides is 1. The molecule has 3 aliphatic heterocycles. The normalized spacial score (nSPS) is 24.6. The van der Waals surface area contributed by atoms with E-state index < -0.39 is 11.7 Å². The van der Waals surface area contributed by atoms with E-state index in [2.05, 4.69) is 25.7 Å². The zero-order chi connectivity index (χ0) is 19.8. The van der Waals surface area contributed by atoms with Gasteiger partial charge in [0.15, 0.2) is 6.10 Å². The fourth-order valence-electron chi connectivity index (χ4n) is 4.74. The van der Waals surface area contributed by atoms with Gasteiger partial charge >= 0.3 is 0 Å². The van der Waals surface area contributed by atoms with E-state index in [4.69, 9.17) is 9.47 Å². The summed E-state index contributed by atoms with van der Waals surface area (Å²) in [6.45, 7) is 5.71. The molecule has 5 rings (SSSR count). The highest BCUT2D eigenvalue weighted by atomic mass is 16.5. The number of ether oxygens (including phenoxy) is 2. The van der Waals surface area contributed by atoms with E-state index in [1.54, 1.807) is 0 Å². The highest BCUT2D eigenvalue weighted by molar-refractivity contribution is 5.81. The van der Waals surface area contributed by atoms with E-state index in [9.17, 15) is 4.79 Å². The highest BCUT2D eigenvalue weighted by Crippen LogP contribution is 2.40. The van der Waals surface area contributed by atoms with Gasteiger partial charge in [0.25, 0.3) is 5.91 Å². The molecule has 9 nitrogen and oxygen atoms in total. The molecule has 9 heteroatoms. The second-order valence-electron chi connectivity index (χ2n) is 8.24. The van der Waals surface area contributed by atoms with Crippen LogP contribution in [0.4, 0.5) is 0 Å². The first-order valence-electron chi connectivity index (χ1n) is 10.4. The van der Waals surface area contributed by atoms with Crippen LogP contribution in [-0.4, -0.2) is 80.5 Å². The van der Waals surface area contributed by atoms with Crippen LogP contribution >= 0.6 is 0 Å². The summed E-state index contributed by atoms with van der Waals surface area (Å²) in [6, 6.07) is 0. The van der Waals surface area contributed by atoms with E-state index in [1.807, 2.05) is 35.2 Å². The lowest BCUT2D eigenvalue weighted by molar-refractivity contribution is -0.183. The molecule has 3 aliphatic rings. The van der Waals surface area contributed by atoms with Gasteiger partial charge in [-0.2, -0.15) is 5.10 Å². The molecule has 0 aromatic carbocycles. The van der Waals surface area contributed by atoms with Crippen molar-refractivity contribution in [2.75, 3.05) is 39.4 Å². The Kier molecular flexibility index (Phi) is 4.89. The number of nitrogens with zero attached hydrogens (tertiary/aromatic N) is 6. The largest absolute Gasteiger partial charge is 0.378 e. The molecule has 1 spiro atoms. The van der Waals surface area contributed by atoms with E-state index in [1.165, 1.54) is 5.56 Å². The Morgan fingerprint density at radius 1 is 1.24 bits per heavy atom. The number of hydrogen-bond acceptors (Lipinski definition) is 6. The van der Waals surface area contributed by atoms with Gasteiger partial charge in [0.1, 0.15) is 11.4 Å². The zero-order valence-corrected chi connectivity index (χ0v) is 16.9. The molecule has 0 aliphatic carbocycles. The van der Waals surface area contributed by atoms with Crippen LogP contribution in [0.25, 0.3) is 0 Å². The molecule has 2 aromatic rings. The van der Waals surface area contributed by atoms with E-state index in [0.717, 1.165) is 38.3 Å². The highest BCUT2D eigenvalue weighted by Gasteiger charge is 2.47. The number of hydrogen-bond donors (Lipinski definition) is 0. The molecule has 2 fully saturated rings. The van der Waals surface area contributed by atoms with Gasteiger partial charge in [-0.05, 0) is 12.8 Å². The molecule has 5 heterocycles. The first kappa shape index (κ1) is 18.8. The van der Waals surface area contributed by atoms with Gasteiger partial charge in [0.05, 0.1) is 26.0 Å². The second-order valence-corrected chi connectivity index (χ2v) is 8.24. The lowest BCUT2D eigenvalue weighted by Crippen LogP contribution is -2.55. The van der Waals surface area contributed by atoms with Crippen LogP contribution in [0, 0.1) is 0 Å². The molecule has 0 saturated carbocycles. The lowest BCUT2D eigenvalue weighted by Gasteiger charge is -2.46. The number of rotatable bonds is 3. The fourth-order valence-corrected chi connectivity index (χ4v) is 4.74. The Bertz CT molecular complexity index is 863. The monoisotopic (exact) mass is 400 g/mol. The van der Waals surface area contributed by atoms with Crippen LogP contribution < -0.4 is 0 Å². The Labute approximate surface area is 170 Å². The maximum atomic E-state index is 13.1. The molecule has 1 atom stereocenters. The Hall–Kier alpha value is -2.23. The van der Waals surface area contributed by atoms with Gasteiger partial charge in [-0.25, -0.2) is 4.98 Å². The summed E-state index contributed by atoms with van der Waals surface area (Å²) in [7, 11) is 1.94. The molecule has 156 valence electrons. The summed E-state index contributed by atoms with van der Waals surface area (Å²) in [5.41, 5.74) is 0.731. The van der Waals surface area contributed by atoms with Crippen molar-refractivity contribution in [3.05, 3.63) is 36.2 Å². The summed E-state index contributed by atoms with van der Waals surface area (Å²) in [5, 5.41) is 4.26. The maximum absolute atomic E-state index is 13.1. The smallest absolute Gasteiger partial charge is 0.253 e. The van der Waals surface area contributed by atoms with Crippen molar-refractivity contribution in [2.24, 2.45) is 7.05 Å². The number of piperidine rings is 1. The van der Waals surface area contributed by atoms with Crippen molar-refractivity contribution >= 4 is 5.91 Å². The minimum atomic E-state index is -0.486. The standard InChI is InChI=1S/C20H28N6O3/c1-23-13-16(12-22-23)14-24-5-2-20(3-6-24)19-21-4-7-26(19)15-17(29-20)18(27)25-8-10-28-11-9-25/h4,7,12-13,17H,2-3,5-6,8-11,14-15H2,1H3/t17-/m0/s1. The van der Waals surface area contributed by atoms with Crippen molar-refractivity contribution in [3.8, 4) is 0 Å². The van der Waals surface area contributed by atoms with Crippen LogP contribution in [0.3, 0.4) is 0 Å². The SMILES string of the molecule is Cn1cc(CN2CCC3(CC2)O[C@H](C(=O)N2CCOCC2)Cn2ccnc23)cn1. The molecule has 0 radical (unpaired) electrons. The number of likely N-dealkylation sites (tertiary alicyclic amines) is 1. The third-order valence-electron chi connectivity index (χ3n) is 6.28. The van der Waals surface area contributed by atoms with Crippen molar-refractivity contribution in [2.45, 2.75) is 37.6 Å². The average Bonchev–Trinajstić information content (AvgIpc) is 3.39. The van der Waals surface area contributed by atoms with Gasteiger partial charge in [0, 0.05) is 63.9 Å². The summed E-state index contributed by atoms with van der Waals surface area (Å²) < 4.78 is 15.9. The van der Waals surface area contributed by atoms with Gasteiger partial charge in [0.2, 0.25) is 0 Å². The summed E-state index contributed by atoms with van der Waals surface area (Å²) in [4.78, 5) is 22.0. The molecule has 29 heavy (non-hydrogen) atoms. The molecule has 0 unspecified atom stereocenters. The van der Waals surface area contributed by atoms with Crippen molar-refractivity contribution in [3.63, 3.8) is 0 Å². The third kappa shape index (κ3) is 3.58. The van der Waals surface area contributed by atoms with Gasteiger partial charge in [-0.3, -0.25) is 14.4 Å². The molecular weight excluding hydrogens is 372 g/mol. The lowest BCUT2D eigenvalue weighted by atomic mass is 9.88.